The van der Waals surface area contributed by atoms with Gasteiger partial charge in [-0.25, -0.2) is 18.2 Å². The summed E-state index contributed by atoms with van der Waals surface area (Å²) in [4.78, 5) is 7.78. The molecule has 1 aliphatic heterocycles. The van der Waals surface area contributed by atoms with Crippen LogP contribution in [0.1, 0.15) is 24.6 Å². The first-order chi connectivity index (χ1) is 16.0. The van der Waals surface area contributed by atoms with E-state index < -0.39 is 17.5 Å². The van der Waals surface area contributed by atoms with Gasteiger partial charge in [0.15, 0.2) is 0 Å². The smallest absolute Gasteiger partial charge is 0.138 e. The van der Waals surface area contributed by atoms with E-state index in [2.05, 4.69) is 28.3 Å². The van der Waals surface area contributed by atoms with E-state index in [-0.39, 0.29) is 6.61 Å². The van der Waals surface area contributed by atoms with Crippen LogP contribution in [0.15, 0.2) is 60.8 Å². The summed E-state index contributed by atoms with van der Waals surface area (Å²) in [7, 11) is 0. The van der Waals surface area contributed by atoms with Gasteiger partial charge in [-0.15, -0.1) is 0 Å². The molecule has 7 heteroatoms. The summed E-state index contributed by atoms with van der Waals surface area (Å²) < 4.78 is 47.4. The van der Waals surface area contributed by atoms with Gasteiger partial charge in [0, 0.05) is 41.5 Å². The summed E-state index contributed by atoms with van der Waals surface area (Å²) >= 11 is 0. The van der Waals surface area contributed by atoms with E-state index in [4.69, 9.17) is 4.74 Å². The number of H-pyrrole nitrogens is 1. The van der Waals surface area contributed by atoms with Crippen LogP contribution < -0.4 is 10.1 Å². The Kier molecular flexibility index (Phi) is 5.64. The Morgan fingerprint density at radius 2 is 1.82 bits per heavy atom. The fourth-order valence-electron chi connectivity index (χ4n) is 4.18. The molecule has 4 aromatic rings. The van der Waals surface area contributed by atoms with Crippen molar-refractivity contribution in [3.05, 3.63) is 89.5 Å². The number of nitrogens with zero attached hydrogens (tertiary/aromatic N) is 1. The Labute approximate surface area is 189 Å². The zero-order valence-electron chi connectivity index (χ0n) is 18.0. The molecule has 3 heterocycles. The van der Waals surface area contributed by atoms with E-state index in [1.807, 2.05) is 6.07 Å². The Bertz CT molecular complexity index is 1340. The molecule has 0 aliphatic carbocycles. The third kappa shape index (κ3) is 4.50. The Morgan fingerprint density at radius 3 is 2.61 bits per heavy atom. The average molecular weight is 449 g/mol. The molecule has 1 unspecified atom stereocenters. The Balaban J connectivity index is 1.47. The summed E-state index contributed by atoms with van der Waals surface area (Å²) in [6.45, 7) is 2.90. The van der Waals surface area contributed by atoms with Gasteiger partial charge in [-0.05, 0) is 72.5 Å². The predicted octanol–water partition coefficient (Wildman–Crippen LogP) is 5.99. The van der Waals surface area contributed by atoms with E-state index in [0.717, 1.165) is 30.1 Å². The molecule has 33 heavy (non-hydrogen) atoms. The third-order valence-electron chi connectivity index (χ3n) is 5.77. The van der Waals surface area contributed by atoms with Gasteiger partial charge in [0.2, 0.25) is 0 Å². The largest absolute Gasteiger partial charge is 0.489 e. The molecule has 0 saturated heterocycles. The number of aromatic nitrogens is 2. The molecule has 4 nitrogen and oxygen atoms in total. The van der Waals surface area contributed by atoms with Crippen molar-refractivity contribution in [2.75, 3.05) is 6.54 Å². The maximum absolute atomic E-state index is 14.9. The number of pyridine rings is 1. The van der Waals surface area contributed by atoms with Gasteiger partial charge in [-0.3, -0.25) is 0 Å². The number of fused-ring (bicyclic) bond motifs is 1. The summed E-state index contributed by atoms with van der Waals surface area (Å²) in [6.07, 6.45) is 4.68. The number of nitrogens with one attached hydrogen (secondary N) is 2. The minimum atomic E-state index is -0.672. The zero-order chi connectivity index (χ0) is 22.9. The topological polar surface area (TPSA) is 49.9 Å². The number of halogens is 3. The number of ether oxygens (including phenoxy) is 1. The highest BCUT2D eigenvalue weighted by Gasteiger charge is 2.17. The highest BCUT2D eigenvalue weighted by Crippen LogP contribution is 2.34. The molecule has 0 fully saturated rings. The molecular weight excluding hydrogens is 427 g/mol. The second-order valence-corrected chi connectivity index (χ2v) is 8.25. The number of hydrogen-bond donors (Lipinski definition) is 2. The van der Waals surface area contributed by atoms with Crippen LogP contribution in [-0.4, -0.2) is 22.6 Å². The normalized spacial score (nSPS) is 16.1. The van der Waals surface area contributed by atoms with Crippen LogP contribution in [0.3, 0.4) is 0 Å². The lowest BCUT2D eigenvalue weighted by Gasteiger charge is -2.19. The van der Waals surface area contributed by atoms with Crippen LogP contribution in [0, 0.1) is 17.5 Å². The molecule has 5 rings (SSSR count). The summed E-state index contributed by atoms with van der Waals surface area (Å²) in [6, 6.07) is 11.8. The van der Waals surface area contributed by atoms with Crippen LogP contribution in [0.25, 0.3) is 27.7 Å². The minimum Gasteiger partial charge on any atom is -0.489 e. The van der Waals surface area contributed by atoms with E-state index in [1.54, 1.807) is 18.3 Å². The number of benzene rings is 2. The molecule has 0 saturated carbocycles. The van der Waals surface area contributed by atoms with Crippen molar-refractivity contribution in [3.8, 4) is 16.9 Å². The highest BCUT2D eigenvalue weighted by molar-refractivity contribution is 5.95. The van der Waals surface area contributed by atoms with Gasteiger partial charge in [-0.2, -0.15) is 0 Å². The first-order valence-electron chi connectivity index (χ1n) is 10.7. The summed E-state index contributed by atoms with van der Waals surface area (Å²) in [5.41, 5.74) is 4.25. The molecule has 2 N–H and O–H groups in total. The van der Waals surface area contributed by atoms with Crippen LogP contribution in [-0.2, 0) is 6.61 Å². The molecule has 0 spiro atoms. The van der Waals surface area contributed by atoms with Gasteiger partial charge < -0.3 is 15.0 Å². The Hall–Kier alpha value is -3.58. The standard InChI is InChI=1S/C26H22F3N3O/c1-15-8-17(4-6-30-15)25-13-23-21(5-7-31-26(23)32-25)22-12-20(2-3-24(22)29)33-14-16-9-18(27)11-19(28)10-16/h2-5,7,9-13,15,30H,6,8,14H2,1H3,(H,31,32). The molecule has 1 atom stereocenters. The lowest BCUT2D eigenvalue weighted by molar-refractivity contribution is 0.304. The maximum Gasteiger partial charge on any atom is 0.138 e. The predicted molar refractivity (Wildman–Crippen MR) is 122 cm³/mol. The summed E-state index contributed by atoms with van der Waals surface area (Å²) in [5.74, 6) is -1.35. The zero-order valence-corrected chi connectivity index (χ0v) is 18.0. The molecule has 0 amide bonds. The first kappa shape index (κ1) is 21.3. The first-order valence-corrected chi connectivity index (χ1v) is 10.7. The second-order valence-electron chi connectivity index (χ2n) is 8.25. The summed E-state index contributed by atoms with van der Waals surface area (Å²) in [5, 5.41) is 4.19. The molecule has 0 bridgehead atoms. The van der Waals surface area contributed by atoms with Crippen LogP contribution in [0.2, 0.25) is 0 Å². The van der Waals surface area contributed by atoms with Gasteiger partial charge in [0.1, 0.15) is 35.5 Å². The van der Waals surface area contributed by atoms with Gasteiger partial charge >= 0.3 is 0 Å². The second kappa shape index (κ2) is 8.75. The fourth-order valence-corrected chi connectivity index (χ4v) is 4.18. The van der Waals surface area contributed by atoms with Crippen molar-refractivity contribution in [3.63, 3.8) is 0 Å². The van der Waals surface area contributed by atoms with Crippen molar-refractivity contribution in [2.24, 2.45) is 0 Å². The van der Waals surface area contributed by atoms with Crippen LogP contribution in [0.4, 0.5) is 13.2 Å². The van der Waals surface area contributed by atoms with Crippen molar-refractivity contribution >= 4 is 16.6 Å². The number of hydrogen-bond acceptors (Lipinski definition) is 3. The van der Waals surface area contributed by atoms with E-state index in [0.29, 0.717) is 34.1 Å². The number of aromatic amines is 1. The van der Waals surface area contributed by atoms with Crippen molar-refractivity contribution in [1.82, 2.24) is 15.3 Å². The van der Waals surface area contributed by atoms with Crippen LogP contribution >= 0.6 is 0 Å². The van der Waals surface area contributed by atoms with Crippen molar-refractivity contribution in [2.45, 2.75) is 26.0 Å². The van der Waals surface area contributed by atoms with E-state index in [9.17, 15) is 13.2 Å². The molecule has 168 valence electrons. The monoisotopic (exact) mass is 449 g/mol. The minimum absolute atomic E-state index is 0.0415. The molecule has 2 aromatic carbocycles. The van der Waals surface area contributed by atoms with Crippen molar-refractivity contribution in [1.29, 1.82) is 0 Å². The molecule has 2 aromatic heterocycles. The van der Waals surface area contributed by atoms with E-state index in [1.165, 1.54) is 29.8 Å². The molecule has 1 aliphatic rings. The Morgan fingerprint density at radius 1 is 1.00 bits per heavy atom. The SMILES string of the molecule is CC1CC(c2cc3c(-c4cc(OCc5cc(F)cc(F)c5)ccc4F)ccnc3[nH]2)=CCN1. The fraction of sp³-hybridized carbons (Fsp3) is 0.192. The van der Waals surface area contributed by atoms with Gasteiger partial charge in [0.25, 0.3) is 0 Å². The van der Waals surface area contributed by atoms with E-state index >= 15 is 0 Å². The third-order valence-corrected chi connectivity index (χ3v) is 5.77. The van der Waals surface area contributed by atoms with Gasteiger partial charge in [-0.1, -0.05) is 6.08 Å². The highest BCUT2D eigenvalue weighted by atomic mass is 19.1. The van der Waals surface area contributed by atoms with Crippen LogP contribution in [0.5, 0.6) is 5.75 Å². The maximum atomic E-state index is 14.9. The lowest BCUT2D eigenvalue weighted by Crippen LogP contribution is -2.29. The molecule has 0 radical (unpaired) electrons. The average Bonchev–Trinajstić information content (AvgIpc) is 3.23. The number of rotatable bonds is 5. The lowest BCUT2D eigenvalue weighted by atomic mass is 9.99. The van der Waals surface area contributed by atoms with Crippen molar-refractivity contribution < 1.29 is 17.9 Å². The molecular formula is C26H22F3N3O. The van der Waals surface area contributed by atoms with Gasteiger partial charge in [0.05, 0.1) is 0 Å². The quantitative estimate of drug-likeness (QED) is 0.393.